The van der Waals surface area contributed by atoms with Crippen LogP contribution in [0.2, 0.25) is 0 Å². The molecule has 0 amide bonds. The van der Waals surface area contributed by atoms with E-state index in [1.807, 2.05) is 0 Å². The van der Waals surface area contributed by atoms with Crippen molar-refractivity contribution >= 4 is 0 Å². The maximum absolute atomic E-state index is 2.68. The molecule has 18 heavy (non-hydrogen) atoms. The van der Waals surface area contributed by atoms with E-state index < -0.39 is 0 Å². The van der Waals surface area contributed by atoms with Crippen LogP contribution in [0.1, 0.15) is 68.9 Å². The SMILES string of the molecule is C[C@@H]1CC2(CCCCCC2)[NH2+]Cc2ccccc21. The molecular weight excluding hydrogens is 218 g/mol. The third-order valence-electron chi connectivity index (χ3n) is 5.15. The fourth-order valence-electron chi connectivity index (χ4n) is 4.17. The van der Waals surface area contributed by atoms with Crippen LogP contribution in [-0.2, 0) is 6.54 Å². The second-order valence-corrected chi connectivity index (χ2v) is 6.49. The summed E-state index contributed by atoms with van der Waals surface area (Å²) in [5.41, 5.74) is 3.73. The Hall–Kier alpha value is -0.820. The molecule has 1 spiro atoms. The monoisotopic (exact) mass is 244 g/mol. The summed E-state index contributed by atoms with van der Waals surface area (Å²) in [6.07, 6.45) is 10.0. The topological polar surface area (TPSA) is 16.6 Å². The number of quaternary nitrogens is 1. The van der Waals surface area contributed by atoms with Crippen LogP contribution in [-0.4, -0.2) is 5.54 Å². The van der Waals surface area contributed by atoms with Crippen molar-refractivity contribution in [1.82, 2.24) is 0 Å². The summed E-state index contributed by atoms with van der Waals surface area (Å²) in [6, 6.07) is 9.09. The van der Waals surface area contributed by atoms with Gasteiger partial charge < -0.3 is 5.32 Å². The van der Waals surface area contributed by atoms with Crippen LogP contribution in [0.5, 0.6) is 0 Å². The van der Waals surface area contributed by atoms with Crippen molar-refractivity contribution in [1.29, 1.82) is 0 Å². The van der Waals surface area contributed by atoms with Crippen molar-refractivity contribution in [3.8, 4) is 0 Å². The maximum Gasteiger partial charge on any atom is 0.102 e. The van der Waals surface area contributed by atoms with E-state index in [0.717, 1.165) is 5.92 Å². The molecule has 0 unspecified atom stereocenters. The summed E-state index contributed by atoms with van der Waals surface area (Å²) in [5.74, 6) is 0.734. The Morgan fingerprint density at radius 1 is 1.06 bits per heavy atom. The molecule has 1 fully saturated rings. The minimum atomic E-state index is 0.551. The van der Waals surface area contributed by atoms with E-state index in [9.17, 15) is 0 Å². The lowest BCUT2D eigenvalue weighted by atomic mass is 9.80. The zero-order valence-corrected chi connectivity index (χ0v) is 11.6. The van der Waals surface area contributed by atoms with E-state index in [1.54, 1.807) is 11.1 Å². The lowest BCUT2D eigenvalue weighted by Crippen LogP contribution is -2.95. The Balaban J connectivity index is 1.86. The van der Waals surface area contributed by atoms with Gasteiger partial charge >= 0.3 is 0 Å². The third-order valence-corrected chi connectivity index (χ3v) is 5.15. The van der Waals surface area contributed by atoms with Gasteiger partial charge in [-0.3, -0.25) is 0 Å². The number of benzene rings is 1. The Morgan fingerprint density at radius 3 is 2.56 bits per heavy atom. The van der Waals surface area contributed by atoms with Crippen LogP contribution in [0.25, 0.3) is 0 Å². The highest BCUT2D eigenvalue weighted by molar-refractivity contribution is 5.30. The van der Waals surface area contributed by atoms with E-state index in [4.69, 9.17) is 0 Å². The molecule has 1 atom stereocenters. The zero-order valence-electron chi connectivity index (χ0n) is 11.6. The normalized spacial score (nSPS) is 27.3. The van der Waals surface area contributed by atoms with Crippen molar-refractivity contribution in [3.63, 3.8) is 0 Å². The van der Waals surface area contributed by atoms with Gasteiger partial charge in [0.1, 0.15) is 6.54 Å². The van der Waals surface area contributed by atoms with Gasteiger partial charge in [0.2, 0.25) is 0 Å². The first-order valence-corrected chi connectivity index (χ1v) is 7.71. The Labute approximate surface area is 111 Å². The van der Waals surface area contributed by atoms with Gasteiger partial charge in [0.15, 0.2) is 0 Å². The zero-order chi connectivity index (χ0) is 12.4. The van der Waals surface area contributed by atoms with E-state index in [-0.39, 0.29) is 0 Å². The standard InChI is InChI=1S/C17H25N/c1-14-12-17(10-6-2-3-7-11-17)18-13-15-8-4-5-9-16(14)15/h4-5,8-9,14,18H,2-3,6-7,10-13H2,1H3/p+1/t14-/m1/s1. The van der Waals surface area contributed by atoms with Gasteiger partial charge in [0.05, 0.1) is 5.54 Å². The average molecular weight is 244 g/mol. The van der Waals surface area contributed by atoms with E-state index in [2.05, 4.69) is 36.5 Å². The van der Waals surface area contributed by atoms with Crippen molar-refractivity contribution in [2.24, 2.45) is 0 Å². The summed E-state index contributed by atoms with van der Waals surface area (Å²) in [7, 11) is 0. The first kappa shape index (κ1) is 12.2. The van der Waals surface area contributed by atoms with Crippen LogP contribution in [0, 0.1) is 0 Å². The minimum absolute atomic E-state index is 0.551. The lowest BCUT2D eigenvalue weighted by Gasteiger charge is -2.30. The molecule has 1 aliphatic carbocycles. The molecule has 1 saturated carbocycles. The smallest absolute Gasteiger partial charge is 0.102 e. The van der Waals surface area contributed by atoms with Gasteiger partial charge in [-0.1, -0.05) is 44.0 Å². The Morgan fingerprint density at radius 2 is 1.78 bits per heavy atom. The molecule has 1 nitrogen and oxygen atoms in total. The molecule has 98 valence electrons. The number of hydrogen-bond donors (Lipinski definition) is 1. The van der Waals surface area contributed by atoms with Crippen molar-refractivity contribution in [3.05, 3.63) is 35.4 Å². The first-order chi connectivity index (χ1) is 8.79. The molecule has 1 heterocycles. The molecule has 1 aromatic rings. The molecule has 1 aromatic carbocycles. The van der Waals surface area contributed by atoms with Crippen molar-refractivity contribution in [2.45, 2.75) is 69.9 Å². The van der Waals surface area contributed by atoms with Gasteiger partial charge in [-0.2, -0.15) is 0 Å². The molecule has 1 aliphatic heterocycles. The van der Waals surface area contributed by atoms with Crippen LogP contribution in [0.4, 0.5) is 0 Å². The number of rotatable bonds is 0. The van der Waals surface area contributed by atoms with Gasteiger partial charge in [-0.05, 0) is 24.3 Å². The van der Waals surface area contributed by atoms with Gasteiger partial charge in [-0.25, -0.2) is 0 Å². The number of nitrogens with two attached hydrogens (primary N) is 1. The highest BCUT2D eigenvalue weighted by atomic mass is 15.0. The minimum Gasteiger partial charge on any atom is -0.338 e. The Kier molecular flexibility index (Phi) is 3.43. The molecule has 1 heteroatoms. The fraction of sp³-hybridized carbons (Fsp3) is 0.647. The summed E-state index contributed by atoms with van der Waals surface area (Å²) in [5, 5.41) is 2.68. The summed E-state index contributed by atoms with van der Waals surface area (Å²) in [4.78, 5) is 0. The van der Waals surface area contributed by atoms with E-state index in [1.165, 1.54) is 51.5 Å². The Bertz CT molecular complexity index is 402. The van der Waals surface area contributed by atoms with E-state index >= 15 is 0 Å². The van der Waals surface area contributed by atoms with Crippen molar-refractivity contribution < 1.29 is 5.32 Å². The first-order valence-electron chi connectivity index (χ1n) is 7.71. The van der Waals surface area contributed by atoms with E-state index in [0.29, 0.717) is 5.54 Å². The molecule has 2 aliphatic rings. The molecular formula is C17H26N+. The van der Waals surface area contributed by atoms with Crippen LogP contribution >= 0.6 is 0 Å². The highest BCUT2D eigenvalue weighted by Crippen LogP contribution is 2.35. The summed E-state index contributed by atoms with van der Waals surface area (Å²) < 4.78 is 0. The predicted molar refractivity (Wildman–Crippen MR) is 75.5 cm³/mol. The average Bonchev–Trinajstić information content (AvgIpc) is 2.69. The van der Waals surface area contributed by atoms with Crippen molar-refractivity contribution in [2.75, 3.05) is 0 Å². The van der Waals surface area contributed by atoms with Crippen LogP contribution in [0.3, 0.4) is 0 Å². The maximum atomic E-state index is 2.68. The lowest BCUT2D eigenvalue weighted by molar-refractivity contribution is -0.743. The van der Waals surface area contributed by atoms with Crippen LogP contribution < -0.4 is 5.32 Å². The second-order valence-electron chi connectivity index (χ2n) is 6.49. The fourth-order valence-corrected chi connectivity index (χ4v) is 4.17. The molecule has 3 rings (SSSR count). The predicted octanol–water partition coefficient (Wildman–Crippen LogP) is 3.35. The number of hydrogen-bond acceptors (Lipinski definition) is 0. The second kappa shape index (κ2) is 5.05. The summed E-state index contributed by atoms with van der Waals surface area (Å²) >= 11 is 0. The van der Waals surface area contributed by atoms with Gasteiger partial charge in [0, 0.05) is 24.8 Å². The molecule has 0 aromatic heterocycles. The molecule has 0 saturated heterocycles. The van der Waals surface area contributed by atoms with Crippen LogP contribution in [0.15, 0.2) is 24.3 Å². The molecule has 0 bridgehead atoms. The largest absolute Gasteiger partial charge is 0.338 e. The highest BCUT2D eigenvalue weighted by Gasteiger charge is 2.38. The quantitative estimate of drug-likeness (QED) is 0.721. The summed E-state index contributed by atoms with van der Waals surface area (Å²) in [6.45, 7) is 3.63. The molecule has 0 radical (unpaired) electrons. The number of fused-ring (bicyclic) bond motifs is 1. The van der Waals surface area contributed by atoms with Gasteiger partial charge in [-0.15, -0.1) is 0 Å². The van der Waals surface area contributed by atoms with Gasteiger partial charge in [0.25, 0.3) is 0 Å². The molecule has 2 N–H and O–H groups in total. The third kappa shape index (κ3) is 2.33.